The predicted molar refractivity (Wildman–Crippen MR) is 201 cm³/mol. The van der Waals surface area contributed by atoms with Gasteiger partial charge < -0.3 is 19.2 Å². The first-order valence-electron chi connectivity index (χ1n) is 16.8. The number of pyridine rings is 1. The van der Waals surface area contributed by atoms with Gasteiger partial charge in [-0.05, 0) is 71.0 Å². The Balaban J connectivity index is 1.10. The zero-order valence-electron chi connectivity index (χ0n) is 27.7. The molecule has 0 bridgehead atoms. The maximum Gasteiger partial charge on any atom is 0.445 e. The molecule has 0 spiro atoms. The molecule has 238 valence electrons. The summed E-state index contributed by atoms with van der Waals surface area (Å²) in [6.45, 7) is 7.15. The molecule has 2 aliphatic heterocycles. The minimum atomic E-state index is -0.219. The Hall–Kier alpha value is -5.95. The first-order valence-corrected chi connectivity index (χ1v) is 16.8. The van der Waals surface area contributed by atoms with E-state index < -0.39 is 0 Å². The standard InChI is InChI=1S/C42H35BN4O2/c1-42(2,3)29-22-23-44-41(24-29)47-36-17-11-10-16-34(36)35-20-18-32(25-37(35)47)48-33-19-21-39-38(26-33)46-28-45(31-14-8-5-9-15-31)27-40(46)43(49-39)30-12-6-4-7-13-30/h4-27H,28H2,1-3H3. The maximum atomic E-state index is 6.71. The second-order valence-corrected chi connectivity index (χ2v) is 13.8. The van der Waals surface area contributed by atoms with Crippen LogP contribution in [0.1, 0.15) is 26.3 Å². The van der Waals surface area contributed by atoms with Crippen LogP contribution in [0.4, 0.5) is 11.4 Å². The molecular weight excluding hydrogens is 603 g/mol. The van der Waals surface area contributed by atoms with Gasteiger partial charge in [0, 0.05) is 41.0 Å². The summed E-state index contributed by atoms with van der Waals surface area (Å²) < 4.78 is 15.6. The second-order valence-electron chi connectivity index (χ2n) is 13.8. The molecule has 0 unspecified atom stereocenters. The van der Waals surface area contributed by atoms with Crippen molar-refractivity contribution in [2.24, 2.45) is 0 Å². The van der Waals surface area contributed by atoms with E-state index in [1.54, 1.807) is 0 Å². The Morgan fingerprint density at radius 2 is 1.43 bits per heavy atom. The van der Waals surface area contributed by atoms with E-state index in [0.29, 0.717) is 6.67 Å². The minimum Gasteiger partial charge on any atom is -0.549 e. The van der Waals surface area contributed by atoms with Crippen molar-refractivity contribution in [2.45, 2.75) is 26.2 Å². The zero-order chi connectivity index (χ0) is 33.1. The summed E-state index contributed by atoms with van der Waals surface area (Å²) >= 11 is 0. The van der Waals surface area contributed by atoms with Gasteiger partial charge >= 0.3 is 6.92 Å². The van der Waals surface area contributed by atoms with E-state index in [1.165, 1.54) is 10.9 Å². The van der Waals surface area contributed by atoms with Crippen LogP contribution in [-0.2, 0) is 5.41 Å². The molecule has 0 amide bonds. The summed E-state index contributed by atoms with van der Waals surface area (Å²) in [5.41, 5.74) is 7.73. The molecule has 9 rings (SSSR count). The Morgan fingerprint density at radius 1 is 0.714 bits per heavy atom. The highest BCUT2D eigenvalue weighted by molar-refractivity contribution is 6.76. The lowest BCUT2D eigenvalue weighted by Crippen LogP contribution is -2.47. The molecule has 6 nitrogen and oxygen atoms in total. The summed E-state index contributed by atoms with van der Waals surface area (Å²) in [7, 11) is 0. The van der Waals surface area contributed by atoms with Gasteiger partial charge in [0.05, 0.1) is 29.0 Å². The molecule has 2 aliphatic rings. The lowest BCUT2D eigenvalue weighted by molar-refractivity contribution is 0.481. The largest absolute Gasteiger partial charge is 0.549 e. The summed E-state index contributed by atoms with van der Waals surface area (Å²) in [5, 5.41) is 2.34. The zero-order valence-corrected chi connectivity index (χ0v) is 27.7. The number of rotatable bonds is 5. The fourth-order valence-corrected chi connectivity index (χ4v) is 7.03. The molecule has 0 radical (unpaired) electrons. The second kappa shape index (κ2) is 11.3. The summed E-state index contributed by atoms with van der Waals surface area (Å²) in [6.07, 6.45) is 4.12. The van der Waals surface area contributed by atoms with Gasteiger partial charge in [-0.15, -0.1) is 0 Å². The highest BCUT2D eigenvalue weighted by Crippen LogP contribution is 2.43. The van der Waals surface area contributed by atoms with Crippen LogP contribution >= 0.6 is 0 Å². The molecular formula is C42H35BN4O2. The molecule has 4 heterocycles. The summed E-state index contributed by atoms with van der Waals surface area (Å²) in [6, 6.07) is 46.1. The third-order valence-electron chi connectivity index (χ3n) is 9.54. The van der Waals surface area contributed by atoms with Gasteiger partial charge in [0.15, 0.2) is 0 Å². The summed E-state index contributed by atoms with van der Waals surface area (Å²) in [5.74, 6) is 3.22. The van der Waals surface area contributed by atoms with Crippen molar-refractivity contribution in [3.63, 3.8) is 0 Å². The third kappa shape index (κ3) is 5.10. The van der Waals surface area contributed by atoms with Gasteiger partial charge in [-0.3, -0.25) is 4.57 Å². The summed E-state index contributed by atoms with van der Waals surface area (Å²) in [4.78, 5) is 9.45. The van der Waals surface area contributed by atoms with Gasteiger partial charge in [-0.25, -0.2) is 4.98 Å². The number of fused-ring (bicyclic) bond motifs is 6. The van der Waals surface area contributed by atoms with E-state index in [0.717, 1.165) is 61.9 Å². The predicted octanol–water partition coefficient (Wildman–Crippen LogP) is 9.22. The molecule has 49 heavy (non-hydrogen) atoms. The van der Waals surface area contributed by atoms with Crippen molar-refractivity contribution in [2.75, 3.05) is 16.5 Å². The first kappa shape index (κ1) is 29.2. The maximum absolute atomic E-state index is 6.71. The van der Waals surface area contributed by atoms with E-state index in [2.05, 4.69) is 151 Å². The average Bonchev–Trinajstić information content (AvgIpc) is 3.72. The molecule has 0 saturated heterocycles. The van der Waals surface area contributed by atoms with Gasteiger partial charge in [-0.2, -0.15) is 0 Å². The quantitative estimate of drug-likeness (QED) is 0.176. The van der Waals surface area contributed by atoms with Crippen LogP contribution in [0.15, 0.2) is 151 Å². The smallest absolute Gasteiger partial charge is 0.445 e. The van der Waals surface area contributed by atoms with Crippen LogP contribution < -0.4 is 24.7 Å². The van der Waals surface area contributed by atoms with Crippen molar-refractivity contribution < 1.29 is 9.39 Å². The van der Waals surface area contributed by atoms with Crippen LogP contribution in [-0.4, -0.2) is 23.1 Å². The first-order chi connectivity index (χ1) is 23.9. The van der Waals surface area contributed by atoms with Crippen molar-refractivity contribution >= 4 is 45.6 Å². The number of para-hydroxylation sites is 2. The van der Waals surface area contributed by atoms with Crippen molar-refractivity contribution in [3.05, 3.63) is 157 Å². The van der Waals surface area contributed by atoms with Crippen LogP contribution in [0.3, 0.4) is 0 Å². The molecule has 0 aliphatic carbocycles. The van der Waals surface area contributed by atoms with E-state index in [-0.39, 0.29) is 12.3 Å². The van der Waals surface area contributed by atoms with Crippen molar-refractivity contribution in [1.29, 1.82) is 0 Å². The number of ether oxygens (including phenoxy) is 1. The molecule has 2 aromatic heterocycles. The topological polar surface area (TPSA) is 42.8 Å². The number of anilines is 2. The van der Waals surface area contributed by atoms with Gasteiger partial charge in [-0.1, -0.05) is 87.5 Å². The van der Waals surface area contributed by atoms with E-state index in [1.807, 2.05) is 30.5 Å². The molecule has 0 fully saturated rings. The number of aromatic nitrogens is 2. The van der Waals surface area contributed by atoms with Crippen LogP contribution in [0.5, 0.6) is 17.2 Å². The molecule has 0 N–H and O–H groups in total. The lowest BCUT2D eigenvalue weighted by atomic mass is 9.57. The van der Waals surface area contributed by atoms with E-state index in [4.69, 9.17) is 14.4 Å². The number of benzene rings is 5. The fraction of sp³-hybridized carbons (Fsp3) is 0.119. The van der Waals surface area contributed by atoms with Gasteiger partial charge in [0.1, 0.15) is 23.1 Å². The number of nitrogens with zero attached hydrogens (tertiary/aromatic N) is 4. The van der Waals surface area contributed by atoms with Crippen LogP contribution in [0.25, 0.3) is 27.6 Å². The minimum absolute atomic E-state index is 0.00448. The van der Waals surface area contributed by atoms with Gasteiger partial charge in [0.25, 0.3) is 0 Å². The highest BCUT2D eigenvalue weighted by atomic mass is 16.5. The lowest BCUT2D eigenvalue weighted by Gasteiger charge is -2.34. The highest BCUT2D eigenvalue weighted by Gasteiger charge is 2.41. The number of hydrogen-bond donors (Lipinski definition) is 0. The third-order valence-corrected chi connectivity index (χ3v) is 9.54. The van der Waals surface area contributed by atoms with Crippen molar-refractivity contribution in [3.8, 4) is 23.1 Å². The molecule has 0 saturated carbocycles. The Bertz CT molecular complexity index is 2380. The monoisotopic (exact) mass is 638 g/mol. The van der Waals surface area contributed by atoms with Gasteiger partial charge in [0.2, 0.25) is 0 Å². The molecule has 7 aromatic rings. The molecule has 0 atom stereocenters. The number of hydrogen-bond acceptors (Lipinski definition) is 5. The van der Waals surface area contributed by atoms with E-state index >= 15 is 0 Å². The van der Waals surface area contributed by atoms with Crippen LogP contribution in [0.2, 0.25) is 0 Å². The Labute approximate surface area is 286 Å². The van der Waals surface area contributed by atoms with Crippen molar-refractivity contribution in [1.82, 2.24) is 9.55 Å². The van der Waals surface area contributed by atoms with Crippen LogP contribution in [0, 0.1) is 0 Å². The Kier molecular flexibility index (Phi) is 6.76. The average molecular weight is 639 g/mol. The van der Waals surface area contributed by atoms with E-state index in [9.17, 15) is 0 Å². The molecule has 5 aromatic carbocycles. The fourth-order valence-electron chi connectivity index (χ4n) is 7.03. The molecule has 7 heteroatoms. The SMILES string of the molecule is CC(C)(C)c1ccnc(-n2c3ccccc3c3ccc(Oc4ccc5c(c4)N4CN(c6ccccc6)C=C4B(c4ccccc4)O5)cc32)c1. The Morgan fingerprint density at radius 3 is 2.24 bits per heavy atom. The normalized spacial score (nSPS) is 14.1.